The molecule has 1 fully saturated rings. The van der Waals surface area contributed by atoms with E-state index < -0.39 is 0 Å². The highest BCUT2D eigenvalue weighted by atomic mass is 16.7. The number of carbonyl (C=O) groups is 1. The number of benzene rings is 1. The molecule has 0 bridgehead atoms. The first kappa shape index (κ1) is 16.4. The second-order valence-corrected chi connectivity index (χ2v) is 6.59. The highest BCUT2D eigenvalue weighted by Crippen LogP contribution is 2.34. The first-order valence-electron chi connectivity index (χ1n) is 8.72. The monoisotopic (exact) mass is 355 g/mol. The molecule has 0 spiro atoms. The molecule has 0 atom stereocenters. The van der Waals surface area contributed by atoms with E-state index in [1.807, 2.05) is 0 Å². The lowest BCUT2D eigenvalue weighted by molar-refractivity contribution is 0.174. The van der Waals surface area contributed by atoms with E-state index in [4.69, 9.17) is 9.47 Å². The number of urea groups is 1. The molecule has 3 heterocycles. The average Bonchev–Trinajstić information content (AvgIpc) is 3.11. The maximum Gasteiger partial charge on any atom is 0.323 e. The van der Waals surface area contributed by atoms with Crippen molar-refractivity contribution in [1.82, 2.24) is 9.97 Å². The van der Waals surface area contributed by atoms with E-state index in [0.29, 0.717) is 28.8 Å². The van der Waals surface area contributed by atoms with Crippen LogP contribution in [0.2, 0.25) is 0 Å². The topological polar surface area (TPSA) is 88.6 Å². The molecule has 2 N–H and O–H groups in total. The predicted octanol–water partition coefficient (Wildman–Crippen LogP) is 3.09. The minimum Gasteiger partial charge on any atom is -0.454 e. The van der Waals surface area contributed by atoms with Crippen LogP contribution in [0.1, 0.15) is 19.8 Å². The lowest BCUT2D eigenvalue weighted by Gasteiger charge is -2.30. The number of fused-ring (bicyclic) bond motifs is 1. The van der Waals surface area contributed by atoms with Gasteiger partial charge in [0.2, 0.25) is 12.7 Å². The Morgan fingerprint density at radius 1 is 1.08 bits per heavy atom. The summed E-state index contributed by atoms with van der Waals surface area (Å²) < 4.78 is 10.5. The zero-order chi connectivity index (χ0) is 17.9. The summed E-state index contributed by atoms with van der Waals surface area (Å²) in [7, 11) is 0. The molecule has 4 rings (SSSR count). The highest BCUT2D eigenvalue weighted by molar-refractivity contribution is 5.99. The first-order chi connectivity index (χ1) is 12.7. The van der Waals surface area contributed by atoms with Gasteiger partial charge in [0.1, 0.15) is 0 Å². The minimum absolute atomic E-state index is 0.199. The van der Waals surface area contributed by atoms with Gasteiger partial charge in [-0.15, -0.1) is 0 Å². The van der Waals surface area contributed by atoms with Crippen LogP contribution in [0.25, 0.3) is 0 Å². The molecule has 0 unspecified atom stereocenters. The number of anilines is 3. The van der Waals surface area contributed by atoms with Crippen molar-refractivity contribution in [3.8, 4) is 11.5 Å². The molecular formula is C18H21N5O3. The Bertz CT molecular complexity index is 788. The summed E-state index contributed by atoms with van der Waals surface area (Å²) >= 11 is 0. The standard InChI is InChI=1S/C18H21N5O3/c1-12-4-6-23(7-5-12)17-19-9-14(10-20-17)22-18(24)21-13-2-3-15-16(8-13)26-11-25-15/h2-3,8-10,12H,4-7,11H2,1H3,(H2,21,22,24). The lowest BCUT2D eigenvalue weighted by atomic mass is 10.00. The largest absolute Gasteiger partial charge is 0.454 e. The second-order valence-electron chi connectivity index (χ2n) is 6.59. The number of piperidine rings is 1. The summed E-state index contributed by atoms with van der Waals surface area (Å²) in [6, 6.07) is 4.87. The van der Waals surface area contributed by atoms with Crippen LogP contribution in [0, 0.1) is 5.92 Å². The molecular weight excluding hydrogens is 334 g/mol. The fourth-order valence-corrected chi connectivity index (χ4v) is 3.03. The van der Waals surface area contributed by atoms with Crippen LogP contribution in [0.15, 0.2) is 30.6 Å². The third kappa shape index (κ3) is 3.63. The Kier molecular flexibility index (Phi) is 4.47. The van der Waals surface area contributed by atoms with Crippen LogP contribution in [-0.2, 0) is 0 Å². The van der Waals surface area contributed by atoms with Crippen molar-refractivity contribution >= 4 is 23.4 Å². The van der Waals surface area contributed by atoms with Crippen LogP contribution in [0.3, 0.4) is 0 Å². The van der Waals surface area contributed by atoms with Gasteiger partial charge < -0.3 is 25.0 Å². The predicted molar refractivity (Wildman–Crippen MR) is 97.8 cm³/mol. The van der Waals surface area contributed by atoms with Crippen molar-refractivity contribution in [2.75, 3.05) is 35.4 Å². The Hall–Kier alpha value is -3.03. The molecule has 8 nitrogen and oxygen atoms in total. The van der Waals surface area contributed by atoms with E-state index in [-0.39, 0.29) is 12.8 Å². The smallest absolute Gasteiger partial charge is 0.323 e. The molecule has 1 aromatic heterocycles. The summed E-state index contributed by atoms with van der Waals surface area (Å²) in [4.78, 5) is 23.1. The molecule has 1 saturated heterocycles. The van der Waals surface area contributed by atoms with Crippen molar-refractivity contribution in [3.05, 3.63) is 30.6 Å². The van der Waals surface area contributed by atoms with Gasteiger partial charge in [-0.2, -0.15) is 0 Å². The van der Waals surface area contributed by atoms with Crippen molar-refractivity contribution in [1.29, 1.82) is 0 Å². The molecule has 26 heavy (non-hydrogen) atoms. The highest BCUT2D eigenvalue weighted by Gasteiger charge is 2.18. The number of rotatable bonds is 3. The zero-order valence-electron chi connectivity index (χ0n) is 14.6. The second kappa shape index (κ2) is 7.07. The zero-order valence-corrected chi connectivity index (χ0v) is 14.6. The van der Waals surface area contributed by atoms with Crippen LogP contribution in [-0.4, -0.2) is 35.9 Å². The van der Waals surface area contributed by atoms with Gasteiger partial charge in [-0.3, -0.25) is 0 Å². The fraction of sp³-hybridized carbons (Fsp3) is 0.389. The first-order valence-corrected chi connectivity index (χ1v) is 8.72. The van der Waals surface area contributed by atoms with Gasteiger partial charge in [0.15, 0.2) is 11.5 Å². The number of nitrogens with zero attached hydrogens (tertiary/aromatic N) is 3. The molecule has 2 aliphatic rings. The Balaban J connectivity index is 1.34. The quantitative estimate of drug-likeness (QED) is 0.880. The van der Waals surface area contributed by atoms with Crippen molar-refractivity contribution < 1.29 is 14.3 Å². The van der Waals surface area contributed by atoms with E-state index in [9.17, 15) is 4.79 Å². The average molecular weight is 355 g/mol. The van der Waals surface area contributed by atoms with Crippen LogP contribution >= 0.6 is 0 Å². The van der Waals surface area contributed by atoms with Gasteiger partial charge in [0, 0.05) is 24.8 Å². The molecule has 0 radical (unpaired) electrons. The van der Waals surface area contributed by atoms with Gasteiger partial charge in [-0.25, -0.2) is 14.8 Å². The molecule has 0 saturated carbocycles. The number of nitrogens with one attached hydrogen (secondary N) is 2. The number of amides is 2. The number of carbonyl (C=O) groups excluding carboxylic acids is 1. The fourth-order valence-electron chi connectivity index (χ4n) is 3.03. The molecule has 1 aromatic carbocycles. The molecule has 2 amide bonds. The van der Waals surface area contributed by atoms with E-state index in [2.05, 4.69) is 32.4 Å². The van der Waals surface area contributed by atoms with Gasteiger partial charge >= 0.3 is 6.03 Å². The summed E-state index contributed by atoms with van der Waals surface area (Å²) in [5.41, 5.74) is 1.16. The van der Waals surface area contributed by atoms with E-state index in [1.165, 1.54) is 0 Å². The maximum atomic E-state index is 12.1. The van der Waals surface area contributed by atoms with Gasteiger partial charge in [-0.1, -0.05) is 6.92 Å². The van der Waals surface area contributed by atoms with Crippen molar-refractivity contribution in [2.45, 2.75) is 19.8 Å². The summed E-state index contributed by atoms with van der Waals surface area (Å²) in [5.74, 6) is 2.75. The Morgan fingerprint density at radius 3 is 2.54 bits per heavy atom. The van der Waals surface area contributed by atoms with Gasteiger partial charge in [0.05, 0.1) is 18.1 Å². The Labute approximate surface area is 151 Å². The van der Waals surface area contributed by atoms with E-state index in [1.54, 1.807) is 30.6 Å². The van der Waals surface area contributed by atoms with Gasteiger partial charge in [0.25, 0.3) is 0 Å². The molecule has 0 aliphatic carbocycles. The maximum absolute atomic E-state index is 12.1. The van der Waals surface area contributed by atoms with Crippen LogP contribution in [0.4, 0.5) is 22.1 Å². The van der Waals surface area contributed by atoms with Crippen molar-refractivity contribution in [2.24, 2.45) is 5.92 Å². The van der Waals surface area contributed by atoms with Gasteiger partial charge in [-0.05, 0) is 30.9 Å². The Morgan fingerprint density at radius 2 is 1.77 bits per heavy atom. The van der Waals surface area contributed by atoms with E-state index >= 15 is 0 Å². The number of ether oxygens (including phenoxy) is 2. The molecule has 136 valence electrons. The number of hydrogen-bond acceptors (Lipinski definition) is 6. The summed E-state index contributed by atoms with van der Waals surface area (Å²) in [6.07, 6.45) is 5.56. The minimum atomic E-state index is -0.369. The SMILES string of the molecule is CC1CCN(c2ncc(NC(=O)Nc3ccc4c(c3)OCO4)cn2)CC1. The molecule has 2 aromatic rings. The normalized spacial score (nSPS) is 16.4. The number of hydrogen-bond donors (Lipinski definition) is 2. The third-order valence-electron chi connectivity index (χ3n) is 4.59. The van der Waals surface area contributed by atoms with E-state index in [0.717, 1.165) is 31.8 Å². The summed E-state index contributed by atoms with van der Waals surface area (Å²) in [6.45, 7) is 4.41. The van der Waals surface area contributed by atoms with Crippen LogP contribution < -0.4 is 25.0 Å². The lowest BCUT2D eigenvalue weighted by Crippen LogP contribution is -2.34. The van der Waals surface area contributed by atoms with Crippen molar-refractivity contribution in [3.63, 3.8) is 0 Å². The summed E-state index contributed by atoms with van der Waals surface area (Å²) in [5, 5.41) is 5.48. The third-order valence-corrected chi connectivity index (χ3v) is 4.59. The number of aromatic nitrogens is 2. The molecule has 2 aliphatic heterocycles. The van der Waals surface area contributed by atoms with Crippen LogP contribution in [0.5, 0.6) is 11.5 Å². The molecule has 8 heteroatoms.